The average molecular weight is 218 g/mol. The van der Waals surface area contributed by atoms with E-state index in [1.807, 2.05) is 13.8 Å². The molecule has 0 saturated carbocycles. The lowest BCUT2D eigenvalue weighted by molar-refractivity contribution is 0.188. The van der Waals surface area contributed by atoms with Gasteiger partial charge in [0.2, 0.25) is 0 Å². The van der Waals surface area contributed by atoms with E-state index >= 15 is 0 Å². The molecule has 0 spiro atoms. The van der Waals surface area contributed by atoms with Crippen molar-refractivity contribution in [2.45, 2.75) is 32.9 Å². The van der Waals surface area contributed by atoms with Crippen molar-refractivity contribution in [2.75, 3.05) is 26.3 Å². The van der Waals surface area contributed by atoms with Gasteiger partial charge in [0.1, 0.15) is 0 Å². The largest absolute Gasteiger partial charge is 0.395 e. The summed E-state index contributed by atoms with van der Waals surface area (Å²) < 4.78 is 11.4. The van der Waals surface area contributed by atoms with Gasteiger partial charge < -0.3 is 14.2 Å². The van der Waals surface area contributed by atoms with Crippen LogP contribution in [-0.4, -0.2) is 34.9 Å². The number of hydrogen-bond donors (Lipinski definition) is 1. The van der Waals surface area contributed by atoms with E-state index in [1.54, 1.807) is 0 Å². The van der Waals surface area contributed by atoms with E-state index in [2.05, 4.69) is 18.8 Å². The maximum Gasteiger partial charge on any atom is 0.334 e. The lowest BCUT2D eigenvalue weighted by Gasteiger charge is -2.25. The third kappa shape index (κ3) is 6.54. The summed E-state index contributed by atoms with van der Waals surface area (Å²) in [5.74, 6) is 0. The highest BCUT2D eigenvalue weighted by Gasteiger charge is 2.29. The van der Waals surface area contributed by atoms with E-state index in [0.29, 0.717) is 0 Å². The van der Waals surface area contributed by atoms with Crippen LogP contribution >= 0.6 is 0 Å². The van der Waals surface area contributed by atoms with Gasteiger partial charge in [-0.25, -0.2) is 0 Å². The summed E-state index contributed by atoms with van der Waals surface area (Å²) in [4.78, 5) is 0. The molecule has 0 rings (SSSR count). The van der Waals surface area contributed by atoms with Crippen molar-refractivity contribution in [1.29, 1.82) is 0 Å². The first-order valence-corrected chi connectivity index (χ1v) is 7.98. The van der Waals surface area contributed by atoms with Gasteiger partial charge in [-0.05, 0) is 52.9 Å². The zero-order valence-electron chi connectivity index (χ0n) is 9.77. The van der Waals surface area contributed by atoms with Crippen molar-refractivity contribution in [3.05, 3.63) is 6.92 Å². The third-order valence-corrected chi connectivity index (χ3v) is 5.12. The van der Waals surface area contributed by atoms with Crippen LogP contribution in [0.3, 0.4) is 0 Å². The molecule has 0 bridgehead atoms. The molecule has 3 nitrogen and oxygen atoms in total. The Morgan fingerprint density at radius 3 is 2.21 bits per heavy atom. The lowest BCUT2D eigenvalue weighted by Crippen LogP contribution is -2.39. The van der Waals surface area contributed by atoms with Crippen molar-refractivity contribution >= 4 is 8.56 Å². The quantitative estimate of drug-likeness (QED) is 0.474. The van der Waals surface area contributed by atoms with Crippen molar-refractivity contribution in [1.82, 2.24) is 5.32 Å². The molecule has 1 radical (unpaired) electrons. The summed E-state index contributed by atoms with van der Waals surface area (Å²) in [6.45, 7) is 13.2. The molecule has 0 aromatic carbocycles. The molecule has 0 heterocycles. The van der Waals surface area contributed by atoms with Gasteiger partial charge in [-0.2, -0.15) is 0 Å². The van der Waals surface area contributed by atoms with Crippen LogP contribution < -0.4 is 5.32 Å². The molecule has 0 fully saturated rings. The minimum Gasteiger partial charge on any atom is -0.395 e. The molecule has 0 amide bonds. The first kappa shape index (κ1) is 14.1. The molecule has 0 aliphatic heterocycles. The second kappa shape index (κ2) is 8.41. The Labute approximate surface area is 89.4 Å². The maximum absolute atomic E-state index is 5.72. The molecule has 0 aliphatic carbocycles. The summed E-state index contributed by atoms with van der Waals surface area (Å²) in [7, 11) is -1.86. The molecular weight excluding hydrogens is 194 g/mol. The van der Waals surface area contributed by atoms with Gasteiger partial charge in [-0.15, -0.1) is 0 Å². The topological polar surface area (TPSA) is 30.5 Å². The first-order chi connectivity index (χ1) is 6.68. The average Bonchev–Trinajstić information content (AvgIpc) is 2.13. The van der Waals surface area contributed by atoms with Gasteiger partial charge in [-0.1, -0.05) is 0 Å². The molecule has 0 unspecified atom stereocenters. The van der Waals surface area contributed by atoms with Crippen LogP contribution in [0.25, 0.3) is 0 Å². The van der Waals surface area contributed by atoms with Gasteiger partial charge in [0, 0.05) is 13.2 Å². The molecule has 0 aromatic rings. The molecule has 0 saturated heterocycles. The highest BCUT2D eigenvalue weighted by Crippen LogP contribution is 2.15. The fourth-order valence-electron chi connectivity index (χ4n) is 1.46. The molecule has 14 heavy (non-hydrogen) atoms. The smallest absolute Gasteiger partial charge is 0.334 e. The van der Waals surface area contributed by atoms with Gasteiger partial charge >= 0.3 is 8.56 Å². The summed E-state index contributed by atoms with van der Waals surface area (Å²) in [6, 6.07) is 1.06. The number of nitrogens with one attached hydrogen (secondary N) is 1. The zero-order chi connectivity index (χ0) is 10.9. The van der Waals surface area contributed by atoms with Gasteiger partial charge in [0.05, 0.1) is 0 Å². The standard InChI is InChI=1S/C10H24NO2Si/c1-5-11-9-8-10-14(4,12-6-2)13-7-3/h11H,1,5-10H2,2-4H3. The van der Waals surface area contributed by atoms with Crippen molar-refractivity contribution in [3.8, 4) is 0 Å². The van der Waals surface area contributed by atoms with Crippen LogP contribution in [-0.2, 0) is 8.85 Å². The minimum absolute atomic E-state index is 0.755. The summed E-state index contributed by atoms with van der Waals surface area (Å²) >= 11 is 0. The fraction of sp³-hybridized carbons (Fsp3) is 0.900. The van der Waals surface area contributed by atoms with Crippen LogP contribution in [0.15, 0.2) is 0 Å². The van der Waals surface area contributed by atoms with E-state index in [-0.39, 0.29) is 0 Å². The first-order valence-electron chi connectivity index (χ1n) is 5.46. The Balaban J connectivity index is 3.71. The molecule has 0 atom stereocenters. The molecule has 85 valence electrons. The van der Waals surface area contributed by atoms with Crippen LogP contribution in [0.2, 0.25) is 12.6 Å². The highest BCUT2D eigenvalue weighted by molar-refractivity contribution is 6.66. The van der Waals surface area contributed by atoms with Crippen LogP contribution in [0.5, 0.6) is 0 Å². The zero-order valence-corrected chi connectivity index (χ0v) is 10.8. The predicted molar refractivity (Wildman–Crippen MR) is 62.5 cm³/mol. The third-order valence-electron chi connectivity index (χ3n) is 2.06. The molecule has 1 N–H and O–H groups in total. The Bertz CT molecular complexity index is 127. The Kier molecular flexibility index (Phi) is 8.47. The van der Waals surface area contributed by atoms with E-state index in [1.165, 1.54) is 0 Å². The molecule has 0 aromatic heterocycles. The van der Waals surface area contributed by atoms with E-state index in [9.17, 15) is 0 Å². The monoisotopic (exact) mass is 218 g/mol. The van der Waals surface area contributed by atoms with E-state index in [0.717, 1.165) is 38.8 Å². The second-order valence-corrected chi connectivity index (χ2v) is 6.70. The fourth-order valence-corrected chi connectivity index (χ4v) is 3.87. The number of hydrogen-bond acceptors (Lipinski definition) is 3. The van der Waals surface area contributed by atoms with Gasteiger partial charge in [0.25, 0.3) is 0 Å². The maximum atomic E-state index is 5.72. The predicted octanol–water partition coefficient (Wildman–Crippen LogP) is 1.95. The highest BCUT2D eigenvalue weighted by atomic mass is 28.4. The van der Waals surface area contributed by atoms with Crippen LogP contribution in [0, 0.1) is 6.92 Å². The number of rotatable bonds is 9. The van der Waals surface area contributed by atoms with Gasteiger partial charge in [0.15, 0.2) is 0 Å². The minimum atomic E-state index is -1.86. The van der Waals surface area contributed by atoms with E-state index < -0.39 is 8.56 Å². The van der Waals surface area contributed by atoms with Crippen molar-refractivity contribution < 1.29 is 8.85 Å². The van der Waals surface area contributed by atoms with Gasteiger partial charge in [-0.3, -0.25) is 0 Å². The SMILES string of the molecule is [CH2]CNCCC[Si](C)(OCC)OCC. The Hall–Kier alpha value is 0.0969. The van der Waals surface area contributed by atoms with Crippen LogP contribution in [0.1, 0.15) is 20.3 Å². The Morgan fingerprint density at radius 2 is 1.79 bits per heavy atom. The Morgan fingerprint density at radius 1 is 1.21 bits per heavy atom. The van der Waals surface area contributed by atoms with Crippen molar-refractivity contribution in [3.63, 3.8) is 0 Å². The lowest BCUT2D eigenvalue weighted by atomic mass is 10.5. The normalized spacial score (nSPS) is 12.0. The van der Waals surface area contributed by atoms with E-state index in [4.69, 9.17) is 8.85 Å². The second-order valence-electron chi connectivity index (χ2n) is 3.35. The summed E-state index contributed by atoms with van der Waals surface area (Å²) in [6.07, 6.45) is 1.11. The van der Waals surface area contributed by atoms with Crippen molar-refractivity contribution in [2.24, 2.45) is 0 Å². The summed E-state index contributed by atoms with van der Waals surface area (Å²) in [5.41, 5.74) is 0. The molecular formula is C10H24NO2Si. The summed E-state index contributed by atoms with van der Waals surface area (Å²) in [5, 5.41) is 3.21. The van der Waals surface area contributed by atoms with Crippen LogP contribution in [0.4, 0.5) is 0 Å². The molecule has 0 aliphatic rings. The molecule has 4 heteroatoms.